The Morgan fingerprint density at radius 1 is 1.45 bits per heavy atom. The summed E-state index contributed by atoms with van der Waals surface area (Å²) in [4.78, 5) is 8.11. The SMILES string of the molecule is CSc1ncc(CCO)cn1. The molecule has 0 spiro atoms. The Bertz CT molecular complexity index is 212. The molecule has 0 aliphatic rings. The Balaban J connectivity index is 2.66. The van der Waals surface area contributed by atoms with Crippen LogP contribution in [0.15, 0.2) is 17.6 Å². The van der Waals surface area contributed by atoms with Crippen LogP contribution < -0.4 is 0 Å². The first-order chi connectivity index (χ1) is 5.36. The van der Waals surface area contributed by atoms with E-state index in [-0.39, 0.29) is 6.61 Å². The molecule has 0 atom stereocenters. The van der Waals surface area contributed by atoms with E-state index in [0.29, 0.717) is 6.42 Å². The molecule has 1 heterocycles. The lowest BCUT2D eigenvalue weighted by atomic mass is 10.3. The summed E-state index contributed by atoms with van der Waals surface area (Å²) in [5.41, 5.74) is 0.977. The number of thioether (sulfide) groups is 1. The monoisotopic (exact) mass is 170 g/mol. The fourth-order valence-corrected chi connectivity index (χ4v) is 1.02. The third kappa shape index (κ3) is 2.48. The summed E-state index contributed by atoms with van der Waals surface area (Å²) in [7, 11) is 0. The Morgan fingerprint density at radius 2 is 2.09 bits per heavy atom. The van der Waals surface area contributed by atoms with Crippen LogP contribution in [0.5, 0.6) is 0 Å². The van der Waals surface area contributed by atoms with Gasteiger partial charge in [0.2, 0.25) is 0 Å². The molecule has 0 radical (unpaired) electrons. The Morgan fingerprint density at radius 3 is 2.55 bits per heavy atom. The van der Waals surface area contributed by atoms with Gasteiger partial charge >= 0.3 is 0 Å². The fraction of sp³-hybridized carbons (Fsp3) is 0.429. The highest BCUT2D eigenvalue weighted by Gasteiger charge is 1.94. The summed E-state index contributed by atoms with van der Waals surface area (Å²) in [5, 5.41) is 9.36. The van der Waals surface area contributed by atoms with E-state index in [4.69, 9.17) is 5.11 Å². The van der Waals surface area contributed by atoms with Crippen LogP contribution in [0.1, 0.15) is 5.56 Å². The van der Waals surface area contributed by atoms with Gasteiger partial charge in [0, 0.05) is 19.0 Å². The van der Waals surface area contributed by atoms with Crippen molar-refractivity contribution in [2.24, 2.45) is 0 Å². The molecule has 1 rings (SSSR count). The molecule has 0 aliphatic heterocycles. The molecule has 1 N–H and O–H groups in total. The molecule has 0 fully saturated rings. The van der Waals surface area contributed by atoms with E-state index in [1.165, 1.54) is 11.8 Å². The Kier molecular flexibility index (Phi) is 3.32. The van der Waals surface area contributed by atoms with Crippen molar-refractivity contribution < 1.29 is 5.11 Å². The molecule has 1 aromatic heterocycles. The first-order valence-corrected chi connectivity index (χ1v) is 4.55. The van der Waals surface area contributed by atoms with Gasteiger partial charge in [0.25, 0.3) is 0 Å². The van der Waals surface area contributed by atoms with Crippen molar-refractivity contribution in [3.8, 4) is 0 Å². The van der Waals surface area contributed by atoms with Crippen molar-refractivity contribution >= 4 is 11.8 Å². The predicted octanol–water partition coefficient (Wildman–Crippen LogP) is 0.733. The number of nitrogens with zero attached hydrogens (tertiary/aromatic N) is 2. The average Bonchev–Trinajstić information content (AvgIpc) is 2.07. The number of aliphatic hydroxyl groups is 1. The first kappa shape index (κ1) is 8.49. The smallest absolute Gasteiger partial charge is 0.187 e. The molecular weight excluding hydrogens is 160 g/mol. The van der Waals surface area contributed by atoms with Crippen LogP contribution >= 0.6 is 11.8 Å². The van der Waals surface area contributed by atoms with Crippen molar-refractivity contribution in [2.45, 2.75) is 11.6 Å². The highest BCUT2D eigenvalue weighted by molar-refractivity contribution is 7.98. The molecule has 60 valence electrons. The minimum Gasteiger partial charge on any atom is -0.396 e. The second kappa shape index (κ2) is 4.31. The fourth-order valence-electron chi connectivity index (χ4n) is 0.707. The summed E-state index contributed by atoms with van der Waals surface area (Å²) >= 11 is 1.51. The Labute approximate surface area is 69.9 Å². The molecule has 11 heavy (non-hydrogen) atoms. The molecule has 0 saturated carbocycles. The van der Waals surface area contributed by atoms with E-state index < -0.39 is 0 Å². The van der Waals surface area contributed by atoms with Crippen LogP contribution in [0.4, 0.5) is 0 Å². The molecule has 0 unspecified atom stereocenters. The van der Waals surface area contributed by atoms with Gasteiger partial charge in [-0.3, -0.25) is 0 Å². The lowest BCUT2D eigenvalue weighted by Crippen LogP contribution is -1.93. The van der Waals surface area contributed by atoms with Crippen LogP contribution in [0.25, 0.3) is 0 Å². The molecule has 0 aromatic carbocycles. The van der Waals surface area contributed by atoms with Crippen LogP contribution in [0, 0.1) is 0 Å². The van der Waals surface area contributed by atoms with E-state index in [1.807, 2.05) is 6.26 Å². The third-order valence-corrected chi connectivity index (χ3v) is 1.84. The maximum Gasteiger partial charge on any atom is 0.187 e. The average molecular weight is 170 g/mol. The summed E-state index contributed by atoms with van der Waals surface area (Å²) in [5.74, 6) is 0. The van der Waals surface area contributed by atoms with E-state index >= 15 is 0 Å². The lowest BCUT2D eigenvalue weighted by Gasteiger charge is -1.96. The molecule has 3 nitrogen and oxygen atoms in total. The van der Waals surface area contributed by atoms with E-state index in [0.717, 1.165) is 10.7 Å². The van der Waals surface area contributed by atoms with Crippen molar-refractivity contribution in [3.63, 3.8) is 0 Å². The number of hydrogen-bond acceptors (Lipinski definition) is 4. The van der Waals surface area contributed by atoms with Crippen LogP contribution in [-0.2, 0) is 6.42 Å². The van der Waals surface area contributed by atoms with Gasteiger partial charge in [0.05, 0.1) is 0 Å². The summed E-state index contributed by atoms with van der Waals surface area (Å²) in [6.07, 6.45) is 6.06. The zero-order valence-corrected chi connectivity index (χ0v) is 7.14. The van der Waals surface area contributed by atoms with Gasteiger partial charge in [-0.15, -0.1) is 0 Å². The minimum absolute atomic E-state index is 0.155. The van der Waals surface area contributed by atoms with E-state index in [9.17, 15) is 0 Å². The molecular formula is C7H10N2OS. The van der Waals surface area contributed by atoms with Crippen molar-refractivity contribution in [3.05, 3.63) is 18.0 Å². The number of aromatic nitrogens is 2. The van der Waals surface area contributed by atoms with Gasteiger partial charge in [-0.2, -0.15) is 0 Å². The van der Waals surface area contributed by atoms with Crippen molar-refractivity contribution in [2.75, 3.05) is 12.9 Å². The van der Waals surface area contributed by atoms with Crippen LogP contribution in [0.3, 0.4) is 0 Å². The second-order valence-electron chi connectivity index (χ2n) is 2.05. The Hall–Kier alpha value is -0.610. The van der Waals surface area contributed by atoms with Gasteiger partial charge in [-0.25, -0.2) is 9.97 Å². The quantitative estimate of drug-likeness (QED) is 0.536. The molecule has 1 aromatic rings. The van der Waals surface area contributed by atoms with Crippen LogP contribution in [0.2, 0.25) is 0 Å². The highest BCUT2D eigenvalue weighted by atomic mass is 32.2. The zero-order chi connectivity index (χ0) is 8.10. The van der Waals surface area contributed by atoms with E-state index in [1.54, 1.807) is 12.4 Å². The van der Waals surface area contributed by atoms with Gasteiger partial charge in [0.15, 0.2) is 5.16 Å². The van der Waals surface area contributed by atoms with Crippen molar-refractivity contribution in [1.82, 2.24) is 9.97 Å². The maximum absolute atomic E-state index is 8.59. The second-order valence-corrected chi connectivity index (χ2v) is 2.83. The molecule has 4 heteroatoms. The third-order valence-electron chi connectivity index (χ3n) is 1.26. The maximum atomic E-state index is 8.59. The van der Waals surface area contributed by atoms with Gasteiger partial charge in [-0.05, 0) is 18.2 Å². The normalized spacial score (nSPS) is 10.0. The first-order valence-electron chi connectivity index (χ1n) is 3.32. The van der Waals surface area contributed by atoms with E-state index in [2.05, 4.69) is 9.97 Å². The topological polar surface area (TPSA) is 46.0 Å². The minimum atomic E-state index is 0.155. The highest BCUT2D eigenvalue weighted by Crippen LogP contribution is 2.06. The number of rotatable bonds is 3. The standard InChI is InChI=1S/C7H10N2OS/c1-11-7-8-4-6(2-3-10)5-9-7/h4-5,10H,2-3H2,1H3. The molecule has 0 aliphatic carbocycles. The van der Waals surface area contributed by atoms with Gasteiger partial charge < -0.3 is 5.11 Å². The van der Waals surface area contributed by atoms with Gasteiger partial charge in [0.1, 0.15) is 0 Å². The predicted molar refractivity (Wildman–Crippen MR) is 44.6 cm³/mol. The molecule has 0 saturated heterocycles. The lowest BCUT2D eigenvalue weighted by molar-refractivity contribution is 0.299. The summed E-state index contributed by atoms with van der Waals surface area (Å²) in [6, 6.07) is 0. The summed E-state index contributed by atoms with van der Waals surface area (Å²) in [6.45, 7) is 0.155. The van der Waals surface area contributed by atoms with Crippen molar-refractivity contribution in [1.29, 1.82) is 0 Å². The number of hydrogen-bond donors (Lipinski definition) is 1. The summed E-state index contributed by atoms with van der Waals surface area (Å²) < 4.78 is 0. The molecule has 0 bridgehead atoms. The largest absolute Gasteiger partial charge is 0.396 e. The molecule has 0 amide bonds. The zero-order valence-electron chi connectivity index (χ0n) is 6.32. The van der Waals surface area contributed by atoms with Gasteiger partial charge in [-0.1, -0.05) is 11.8 Å². The number of aliphatic hydroxyl groups excluding tert-OH is 1. The van der Waals surface area contributed by atoms with Crippen LogP contribution in [-0.4, -0.2) is 27.9 Å².